The van der Waals surface area contributed by atoms with Gasteiger partial charge in [0, 0.05) is 12.1 Å². The molecule has 4 heteroatoms. The van der Waals surface area contributed by atoms with Gasteiger partial charge in [0.25, 0.3) is 0 Å². The highest BCUT2D eigenvalue weighted by Crippen LogP contribution is 2.17. The van der Waals surface area contributed by atoms with E-state index in [9.17, 15) is 9.18 Å². The van der Waals surface area contributed by atoms with Crippen molar-refractivity contribution in [2.75, 3.05) is 0 Å². The molecule has 1 saturated carbocycles. The molecule has 0 heterocycles. The molecule has 0 aliphatic heterocycles. The second-order valence-corrected chi connectivity index (χ2v) is 5.30. The molecule has 1 unspecified atom stereocenters. The highest BCUT2D eigenvalue weighted by Gasteiger charge is 2.18. The van der Waals surface area contributed by atoms with Crippen LogP contribution in [0.1, 0.15) is 38.2 Å². The SMILES string of the molecule is CC(Cc1ccccc1F)NC(=O)NC1CCCC1. The Morgan fingerprint density at radius 3 is 2.74 bits per heavy atom. The molecule has 1 aromatic rings. The minimum atomic E-state index is -0.215. The molecule has 0 spiro atoms. The first-order valence-electron chi connectivity index (χ1n) is 6.95. The van der Waals surface area contributed by atoms with Crippen molar-refractivity contribution < 1.29 is 9.18 Å². The number of halogens is 1. The molecule has 2 rings (SSSR count). The lowest BCUT2D eigenvalue weighted by atomic mass is 10.1. The molecule has 1 aromatic carbocycles. The number of carbonyl (C=O) groups excluding carboxylic acids is 1. The van der Waals surface area contributed by atoms with Crippen LogP contribution in [0.4, 0.5) is 9.18 Å². The first-order chi connectivity index (χ1) is 9.15. The Morgan fingerprint density at radius 1 is 1.37 bits per heavy atom. The van der Waals surface area contributed by atoms with Crippen LogP contribution in [-0.4, -0.2) is 18.1 Å². The first-order valence-corrected chi connectivity index (χ1v) is 6.95. The van der Waals surface area contributed by atoms with Gasteiger partial charge in [-0.3, -0.25) is 0 Å². The Balaban J connectivity index is 1.78. The van der Waals surface area contributed by atoms with Crippen molar-refractivity contribution in [1.29, 1.82) is 0 Å². The highest BCUT2D eigenvalue weighted by molar-refractivity contribution is 5.74. The van der Waals surface area contributed by atoms with Crippen molar-refractivity contribution in [3.8, 4) is 0 Å². The van der Waals surface area contributed by atoms with Gasteiger partial charge in [0.05, 0.1) is 0 Å². The minimum Gasteiger partial charge on any atom is -0.335 e. The molecule has 1 atom stereocenters. The lowest BCUT2D eigenvalue weighted by Crippen LogP contribution is -2.45. The van der Waals surface area contributed by atoms with E-state index in [0.29, 0.717) is 18.0 Å². The number of hydrogen-bond acceptors (Lipinski definition) is 1. The van der Waals surface area contributed by atoms with E-state index >= 15 is 0 Å². The monoisotopic (exact) mass is 264 g/mol. The van der Waals surface area contributed by atoms with Gasteiger partial charge in [-0.1, -0.05) is 31.0 Å². The Bertz CT molecular complexity index is 430. The van der Waals surface area contributed by atoms with Crippen LogP contribution in [-0.2, 0) is 6.42 Å². The van der Waals surface area contributed by atoms with Crippen LogP contribution in [0.3, 0.4) is 0 Å². The average molecular weight is 264 g/mol. The fraction of sp³-hybridized carbons (Fsp3) is 0.533. The molecule has 2 N–H and O–H groups in total. The summed E-state index contributed by atoms with van der Waals surface area (Å²) in [7, 11) is 0. The quantitative estimate of drug-likeness (QED) is 0.862. The Hall–Kier alpha value is -1.58. The van der Waals surface area contributed by atoms with Crippen LogP contribution in [0.5, 0.6) is 0 Å². The van der Waals surface area contributed by atoms with Gasteiger partial charge in [0.15, 0.2) is 0 Å². The summed E-state index contributed by atoms with van der Waals surface area (Å²) in [5.74, 6) is -0.215. The minimum absolute atomic E-state index is 0.0849. The number of benzene rings is 1. The van der Waals surface area contributed by atoms with Gasteiger partial charge in [-0.25, -0.2) is 9.18 Å². The van der Waals surface area contributed by atoms with Crippen LogP contribution >= 0.6 is 0 Å². The van der Waals surface area contributed by atoms with E-state index < -0.39 is 0 Å². The second kappa shape index (κ2) is 6.55. The number of carbonyl (C=O) groups is 1. The maximum absolute atomic E-state index is 13.5. The normalized spacial score (nSPS) is 17.2. The summed E-state index contributed by atoms with van der Waals surface area (Å²) < 4.78 is 13.5. The van der Waals surface area contributed by atoms with Gasteiger partial charge in [-0.15, -0.1) is 0 Å². The summed E-state index contributed by atoms with van der Waals surface area (Å²) in [5.41, 5.74) is 0.635. The lowest BCUT2D eigenvalue weighted by molar-refractivity contribution is 0.234. The fourth-order valence-electron chi connectivity index (χ4n) is 2.57. The van der Waals surface area contributed by atoms with E-state index in [4.69, 9.17) is 0 Å². The van der Waals surface area contributed by atoms with Crippen molar-refractivity contribution >= 4 is 6.03 Å². The van der Waals surface area contributed by atoms with Gasteiger partial charge in [0.2, 0.25) is 0 Å². The summed E-state index contributed by atoms with van der Waals surface area (Å²) >= 11 is 0. The van der Waals surface area contributed by atoms with Crippen molar-refractivity contribution in [3.63, 3.8) is 0 Å². The third-order valence-electron chi connectivity index (χ3n) is 3.55. The Morgan fingerprint density at radius 2 is 2.05 bits per heavy atom. The van der Waals surface area contributed by atoms with E-state index in [0.717, 1.165) is 12.8 Å². The number of rotatable bonds is 4. The molecule has 104 valence electrons. The maximum Gasteiger partial charge on any atom is 0.315 e. The van der Waals surface area contributed by atoms with E-state index in [1.807, 2.05) is 13.0 Å². The van der Waals surface area contributed by atoms with Crippen LogP contribution in [0, 0.1) is 5.82 Å². The molecule has 0 saturated heterocycles. The van der Waals surface area contributed by atoms with Crippen LogP contribution in [0.15, 0.2) is 24.3 Å². The summed E-state index contributed by atoms with van der Waals surface area (Å²) in [6.45, 7) is 1.89. The molecule has 0 bridgehead atoms. The zero-order chi connectivity index (χ0) is 13.7. The number of urea groups is 1. The molecule has 1 fully saturated rings. The van der Waals surface area contributed by atoms with Gasteiger partial charge in [-0.2, -0.15) is 0 Å². The molecular formula is C15H21FN2O. The summed E-state index contributed by atoms with van der Waals surface area (Å²) in [5, 5.41) is 5.83. The third-order valence-corrected chi connectivity index (χ3v) is 3.55. The summed E-state index contributed by atoms with van der Waals surface area (Å²) in [6, 6.07) is 6.76. The second-order valence-electron chi connectivity index (χ2n) is 5.30. The van der Waals surface area contributed by atoms with Crippen molar-refractivity contribution in [1.82, 2.24) is 10.6 Å². The molecular weight excluding hydrogens is 243 g/mol. The van der Waals surface area contributed by atoms with E-state index in [-0.39, 0.29) is 17.9 Å². The molecule has 3 nitrogen and oxygen atoms in total. The maximum atomic E-state index is 13.5. The van der Waals surface area contributed by atoms with E-state index in [1.54, 1.807) is 12.1 Å². The zero-order valence-corrected chi connectivity index (χ0v) is 11.3. The molecule has 2 amide bonds. The largest absolute Gasteiger partial charge is 0.335 e. The first kappa shape index (κ1) is 13.8. The third kappa shape index (κ3) is 4.23. The average Bonchev–Trinajstić information content (AvgIpc) is 2.84. The number of hydrogen-bond donors (Lipinski definition) is 2. The summed E-state index contributed by atoms with van der Waals surface area (Å²) in [6.07, 6.45) is 5.01. The Kier molecular flexibility index (Phi) is 4.77. The Labute approximate surface area is 113 Å². The van der Waals surface area contributed by atoms with Crippen molar-refractivity contribution in [2.45, 2.75) is 51.1 Å². The topological polar surface area (TPSA) is 41.1 Å². The van der Waals surface area contributed by atoms with E-state index in [2.05, 4.69) is 10.6 Å². The highest BCUT2D eigenvalue weighted by atomic mass is 19.1. The van der Waals surface area contributed by atoms with Crippen LogP contribution in [0.2, 0.25) is 0 Å². The summed E-state index contributed by atoms with van der Waals surface area (Å²) in [4.78, 5) is 11.8. The predicted molar refractivity (Wildman–Crippen MR) is 73.5 cm³/mol. The zero-order valence-electron chi connectivity index (χ0n) is 11.3. The standard InChI is InChI=1S/C15H21FN2O/c1-11(10-12-6-2-5-9-14(12)16)17-15(19)18-13-7-3-4-8-13/h2,5-6,9,11,13H,3-4,7-8,10H2,1H3,(H2,17,18,19). The predicted octanol–water partition coefficient (Wildman–Crippen LogP) is 3.00. The van der Waals surface area contributed by atoms with Gasteiger partial charge in [0.1, 0.15) is 5.82 Å². The molecule has 1 aliphatic rings. The van der Waals surface area contributed by atoms with Gasteiger partial charge < -0.3 is 10.6 Å². The molecule has 1 aliphatic carbocycles. The van der Waals surface area contributed by atoms with Crippen LogP contribution in [0.25, 0.3) is 0 Å². The molecule has 0 radical (unpaired) electrons. The lowest BCUT2D eigenvalue weighted by Gasteiger charge is -2.17. The van der Waals surface area contributed by atoms with Crippen LogP contribution < -0.4 is 10.6 Å². The smallest absolute Gasteiger partial charge is 0.315 e. The fourth-order valence-corrected chi connectivity index (χ4v) is 2.57. The van der Waals surface area contributed by atoms with Gasteiger partial charge >= 0.3 is 6.03 Å². The number of nitrogens with one attached hydrogen (secondary N) is 2. The molecule has 19 heavy (non-hydrogen) atoms. The van der Waals surface area contributed by atoms with E-state index in [1.165, 1.54) is 18.9 Å². The van der Waals surface area contributed by atoms with Crippen molar-refractivity contribution in [2.24, 2.45) is 0 Å². The molecule has 0 aromatic heterocycles. The number of amides is 2. The van der Waals surface area contributed by atoms with Gasteiger partial charge in [-0.05, 0) is 37.8 Å². The van der Waals surface area contributed by atoms with Crippen molar-refractivity contribution in [3.05, 3.63) is 35.6 Å².